The third-order valence-corrected chi connectivity index (χ3v) is 7.38. The average Bonchev–Trinajstić information content (AvgIpc) is 3.52. The first-order chi connectivity index (χ1) is 19.0. The standard InChI is InChI=1S/C24H32F3N9O4/c1-13-4-6-14(7-5-13)19(31-22(38)20-32-33-34-35(20)2)21(37)30-18-10-15(8-9-28-18)16(12-40-3)36-11-17(24(25,26)27)29-23(36)39/h8-10,13-14,16-17,19H,4-7,11-12H2,1-3H3,(H,29,39)(H,31,38)(H,28,30,37)/t13?,14?,16?,17-,19-/m0/s1. The summed E-state index contributed by atoms with van der Waals surface area (Å²) in [6.45, 7) is 1.46. The minimum absolute atomic E-state index is 0.0504. The van der Waals surface area contributed by atoms with Crippen LogP contribution >= 0.6 is 0 Å². The van der Waals surface area contributed by atoms with E-state index in [0.717, 1.165) is 30.6 Å². The van der Waals surface area contributed by atoms with E-state index in [1.54, 1.807) is 0 Å². The Labute approximate surface area is 228 Å². The number of ether oxygens (including phenoxy) is 1. The molecule has 4 rings (SSSR count). The summed E-state index contributed by atoms with van der Waals surface area (Å²) in [7, 11) is 2.88. The van der Waals surface area contributed by atoms with E-state index in [9.17, 15) is 27.6 Å². The lowest BCUT2D eigenvalue weighted by Gasteiger charge is -2.32. The molecule has 2 aliphatic rings. The Balaban J connectivity index is 1.53. The van der Waals surface area contributed by atoms with E-state index in [0.29, 0.717) is 11.5 Å². The highest BCUT2D eigenvalue weighted by molar-refractivity contribution is 5.99. The lowest BCUT2D eigenvalue weighted by molar-refractivity contribution is -0.150. The van der Waals surface area contributed by atoms with Gasteiger partial charge in [0.1, 0.15) is 17.9 Å². The van der Waals surface area contributed by atoms with Crippen LogP contribution < -0.4 is 16.0 Å². The summed E-state index contributed by atoms with van der Waals surface area (Å²) >= 11 is 0. The fraction of sp³-hybridized carbons (Fsp3) is 0.625. The first kappa shape index (κ1) is 29.2. The van der Waals surface area contributed by atoms with Gasteiger partial charge in [0.15, 0.2) is 0 Å². The van der Waals surface area contributed by atoms with E-state index >= 15 is 0 Å². The van der Waals surface area contributed by atoms with Gasteiger partial charge < -0.3 is 25.6 Å². The van der Waals surface area contributed by atoms with Gasteiger partial charge in [-0.05, 0) is 52.8 Å². The van der Waals surface area contributed by atoms with Crippen molar-refractivity contribution in [3.63, 3.8) is 0 Å². The zero-order valence-corrected chi connectivity index (χ0v) is 22.3. The van der Waals surface area contributed by atoms with Crippen LogP contribution in [0.3, 0.4) is 0 Å². The van der Waals surface area contributed by atoms with Crippen LogP contribution in [0.1, 0.15) is 54.8 Å². The molecule has 2 aromatic rings. The SMILES string of the molecule is COCC(c1ccnc(NC(=O)[C@@H](NC(=O)c2nnnn2C)C2CCC(C)CC2)c1)N1C[C@@H](C(F)(F)F)NC1=O. The number of anilines is 1. The molecule has 0 radical (unpaired) electrons. The quantitative estimate of drug-likeness (QED) is 0.414. The number of aromatic nitrogens is 5. The monoisotopic (exact) mass is 567 g/mol. The highest BCUT2D eigenvalue weighted by atomic mass is 19.4. The highest BCUT2D eigenvalue weighted by Crippen LogP contribution is 2.32. The van der Waals surface area contributed by atoms with Crippen LogP contribution in [-0.4, -0.2) is 86.5 Å². The number of carbonyl (C=O) groups excluding carboxylic acids is 3. The van der Waals surface area contributed by atoms with Gasteiger partial charge in [0.2, 0.25) is 11.7 Å². The normalized spacial score (nSPS) is 22.9. The van der Waals surface area contributed by atoms with Gasteiger partial charge in [0.05, 0.1) is 19.2 Å². The molecule has 0 bridgehead atoms. The molecule has 1 saturated carbocycles. The Morgan fingerprint density at radius 2 is 1.98 bits per heavy atom. The molecule has 40 heavy (non-hydrogen) atoms. The number of amides is 4. The van der Waals surface area contributed by atoms with Crippen LogP contribution in [0.5, 0.6) is 0 Å². The van der Waals surface area contributed by atoms with Crippen LogP contribution in [0.2, 0.25) is 0 Å². The van der Waals surface area contributed by atoms with Crippen LogP contribution in [0, 0.1) is 11.8 Å². The lowest BCUT2D eigenvalue weighted by Crippen LogP contribution is -2.50. The van der Waals surface area contributed by atoms with Gasteiger partial charge in [0, 0.05) is 20.4 Å². The van der Waals surface area contributed by atoms with E-state index in [-0.39, 0.29) is 24.2 Å². The molecular weight excluding hydrogens is 535 g/mol. The Hall–Kier alpha value is -3.82. The first-order valence-electron chi connectivity index (χ1n) is 12.9. The zero-order valence-electron chi connectivity index (χ0n) is 22.3. The summed E-state index contributed by atoms with van der Waals surface area (Å²) in [6, 6.07) is -1.64. The van der Waals surface area contributed by atoms with Gasteiger partial charge in [-0.25, -0.2) is 14.5 Å². The lowest BCUT2D eigenvalue weighted by atomic mass is 9.79. The number of tetrazole rings is 1. The summed E-state index contributed by atoms with van der Waals surface area (Å²) in [4.78, 5) is 44.0. The molecule has 1 unspecified atom stereocenters. The predicted octanol–water partition coefficient (Wildman–Crippen LogP) is 1.81. The maximum absolute atomic E-state index is 13.5. The van der Waals surface area contributed by atoms with Crippen molar-refractivity contribution in [2.75, 3.05) is 25.6 Å². The fourth-order valence-electron chi connectivity index (χ4n) is 5.11. The maximum Gasteiger partial charge on any atom is 0.410 e. The number of alkyl halides is 3. The van der Waals surface area contributed by atoms with E-state index in [2.05, 4.69) is 38.1 Å². The number of nitrogens with zero attached hydrogens (tertiary/aromatic N) is 6. The summed E-state index contributed by atoms with van der Waals surface area (Å²) in [5.41, 5.74) is 0.419. The number of hydrogen-bond acceptors (Lipinski definition) is 8. The first-order valence-corrected chi connectivity index (χ1v) is 12.9. The summed E-state index contributed by atoms with van der Waals surface area (Å²) in [5, 5.41) is 18.3. The van der Waals surface area contributed by atoms with E-state index in [1.807, 2.05) is 5.32 Å². The number of urea groups is 1. The predicted molar refractivity (Wildman–Crippen MR) is 134 cm³/mol. The minimum atomic E-state index is -4.60. The summed E-state index contributed by atoms with van der Waals surface area (Å²) < 4.78 is 46.1. The van der Waals surface area contributed by atoms with Crippen molar-refractivity contribution in [2.45, 2.75) is 56.9 Å². The van der Waals surface area contributed by atoms with E-state index < -0.39 is 48.7 Å². The van der Waals surface area contributed by atoms with Gasteiger partial charge in [-0.2, -0.15) is 13.2 Å². The minimum Gasteiger partial charge on any atom is -0.382 e. The molecule has 0 aromatic carbocycles. The van der Waals surface area contributed by atoms with Crippen LogP contribution in [0.4, 0.5) is 23.8 Å². The molecular formula is C24H32F3N9O4. The summed E-state index contributed by atoms with van der Waals surface area (Å²) in [5.74, 6) is -0.683. The zero-order chi connectivity index (χ0) is 29.0. The number of halogens is 3. The topological polar surface area (TPSA) is 156 Å². The number of pyridine rings is 1. The third-order valence-electron chi connectivity index (χ3n) is 7.38. The molecule has 2 fully saturated rings. The van der Waals surface area contributed by atoms with Crippen LogP contribution in [-0.2, 0) is 16.6 Å². The van der Waals surface area contributed by atoms with Crippen molar-refractivity contribution in [2.24, 2.45) is 18.9 Å². The van der Waals surface area contributed by atoms with Crippen molar-refractivity contribution in [1.29, 1.82) is 0 Å². The van der Waals surface area contributed by atoms with Crippen molar-refractivity contribution in [1.82, 2.24) is 40.7 Å². The Morgan fingerprint density at radius 3 is 2.58 bits per heavy atom. The molecule has 3 atom stereocenters. The summed E-state index contributed by atoms with van der Waals surface area (Å²) in [6.07, 6.45) is 0.0355. The van der Waals surface area contributed by atoms with Gasteiger partial charge in [-0.3, -0.25) is 9.59 Å². The maximum atomic E-state index is 13.5. The molecule has 3 heterocycles. The molecule has 4 amide bonds. The molecule has 0 spiro atoms. The number of rotatable bonds is 9. The van der Waals surface area contributed by atoms with Crippen molar-refractivity contribution < 1.29 is 32.3 Å². The Kier molecular flexibility index (Phi) is 8.85. The van der Waals surface area contributed by atoms with Gasteiger partial charge >= 0.3 is 12.2 Å². The molecule has 2 aromatic heterocycles. The Bertz CT molecular complexity index is 1220. The second kappa shape index (κ2) is 12.1. The van der Waals surface area contributed by atoms with E-state index in [4.69, 9.17) is 4.74 Å². The van der Waals surface area contributed by atoms with Gasteiger partial charge in [0.25, 0.3) is 5.91 Å². The second-order valence-electron chi connectivity index (χ2n) is 10.2. The average molecular weight is 568 g/mol. The second-order valence-corrected chi connectivity index (χ2v) is 10.2. The number of methoxy groups -OCH3 is 1. The van der Waals surface area contributed by atoms with Crippen LogP contribution in [0.15, 0.2) is 18.3 Å². The number of nitrogens with one attached hydrogen (secondary N) is 3. The number of carbonyl (C=O) groups is 3. The fourth-order valence-corrected chi connectivity index (χ4v) is 5.11. The molecule has 3 N–H and O–H groups in total. The highest BCUT2D eigenvalue weighted by Gasteiger charge is 2.48. The Morgan fingerprint density at radius 1 is 1.25 bits per heavy atom. The number of aryl methyl sites for hydroxylation is 1. The molecule has 1 aliphatic heterocycles. The van der Waals surface area contributed by atoms with E-state index in [1.165, 1.54) is 37.2 Å². The van der Waals surface area contributed by atoms with Crippen molar-refractivity contribution in [3.8, 4) is 0 Å². The van der Waals surface area contributed by atoms with Crippen molar-refractivity contribution >= 4 is 23.7 Å². The molecule has 16 heteroatoms. The molecule has 1 saturated heterocycles. The van der Waals surface area contributed by atoms with Gasteiger partial charge in [-0.15, -0.1) is 5.10 Å². The van der Waals surface area contributed by atoms with Crippen molar-refractivity contribution in [3.05, 3.63) is 29.7 Å². The molecule has 218 valence electrons. The van der Waals surface area contributed by atoms with Gasteiger partial charge in [-0.1, -0.05) is 19.8 Å². The van der Waals surface area contributed by atoms with Crippen LogP contribution in [0.25, 0.3) is 0 Å². The largest absolute Gasteiger partial charge is 0.410 e. The smallest absolute Gasteiger partial charge is 0.382 e. The third kappa shape index (κ3) is 6.66. The molecule has 13 nitrogen and oxygen atoms in total. The molecule has 1 aliphatic carbocycles. The number of hydrogen-bond donors (Lipinski definition) is 3.